The molecule has 0 unspecified atom stereocenters. The lowest BCUT2D eigenvalue weighted by Gasteiger charge is -2.11. The number of hydrogen-bond donors (Lipinski definition) is 4. The van der Waals surface area contributed by atoms with E-state index in [1.165, 1.54) is 11.1 Å². The van der Waals surface area contributed by atoms with Crippen LogP contribution in [0.1, 0.15) is 10.5 Å². The second-order valence-electron chi connectivity index (χ2n) is 3.58. The number of anilines is 1. The average Bonchev–Trinajstić information content (AvgIpc) is 2.70. The number of nitrogens with two attached hydrogens (primary N) is 1. The molecule has 8 nitrogen and oxygen atoms in total. The molecule has 0 saturated heterocycles. The summed E-state index contributed by atoms with van der Waals surface area (Å²) in [6.07, 6.45) is 1.36. The van der Waals surface area contributed by atoms with Crippen LogP contribution in [0, 0.1) is 0 Å². The largest absolute Gasteiger partial charge is 0.396 e. The maximum absolute atomic E-state index is 11.5. The highest BCUT2D eigenvalue weighted by molar-refractivity contribution is 5.96. The highest BCUT2D eigenvalue weighted by Crippen LogP contribution is 2.04. The first kappa shape index (κ1) is 12.8. The summed E-state index contributed by atoms with van der Waals surface area (Å²) in [6.45, 7) is 0.660. The standard InChI is InChI=1S/C9H16N6O2/c1-15(2)9(17)12-4-3-11-8(16)7-6(10)5-13-14-7/h5H,3-4,10H2,1-2H3,(H,11,16)(H,12,17)(H,13,14). The van der Waals surface area contributed by atoms with E-state index in [2.05, 4.69) is 20.8 Å². The van der Waals surface area contributed by atoms with Crippen LogP contribution in [0.15, 0.2) is 6.20 Å². The third kappa shape index (κ3) is 3.67. The van der Waals surface area contributed by atoms with E-state index in [1.54, 1.807) is 14.1 Å². The van der Waals surface area contributed by atoms with Crippen LogP contribution in [-0.2, 0) is 0 Å². The summed E-state index contributed by atoms with van der Waals surface area (Å²) >= 11 is 0. The van der Waals surface area contributed by atoms with Gasteiger partial charge in [-0.2, -0.15) is 5.10 Å². The van der Waals surface area contributed by atoms with Gasteiger partial charge in [0.2, 0.25) is 0 Å². The molecule has 0 bridgehead atoms. The van der Waals surface area contributed by atoms with Crippen molar-refractivity contribution in [3.63, 3.8) is 0 Å². The van der Waals surface area contributed by atoms with Crippen molar-refractivity contribution in [2.75, 3.05) is 32.9 Å². The first-order chi connectivity index (χ1) is 8.02. The lowest BCUT2D eigenvalue weighted by atomic mass is 10.3. The Morgan fingerprint density at radius 3 is 2.59 bits per heavy atom. The zero-order chi connectivity index (χ0) is 12.8. The summed E-state index contributed by atoms with van der Waals surface area (Å²) < 4.78 is 0. The van der Waals surface area contributed by atoms with Crippen LogP contribution in [0.4, 0.5) is 10.5 Å². The van der Waals surface area contributed by atoms with Gasteiger partial charge in [0, 0.05) is 27.2 Å². The normalized spacial score (nSPS) is 9.76. The van der Waals surface area contributed by atoms with E-state index in [0.717, 1.165) is 0 Å². The number of nitrogens with one attached hydrogen (secondary N) is 3. The Hall–Kier alpha value is -2.25. The van der Waals surface area contributed by atoms with Crippen molar-refractivity contribution in [3.8, 4) is 0 Å². The van der Waals surface area contributed by atoms with Gasteiger partial charge in [0.05, 0.1) is 11.9 Å². The highest BCUT2D eigenvalue weighted by Gasteiger charge is 2.10. The number of rotatable bonds is 4. The van der Waals surface area contributed by atoms with E-state index >= 15 is 0 Å². The number of urea groups is 1. The first-order valence-electron chi connectivity index (χ1n) is 5.04. The topological polar surface area (TPSA) is 116 Å². The predicted octanol–water partition coefficient (Wildman–Crippen LogP) is -1.01. The number of H-pyrrole nitrogens is 1. The monoisotopic (exact) mass is 240 g/mol. The number of carbonyl (C=O) groups is 2. The lowest BCUT2D eigenvalue weighted by Crippen LogP contribution is -2.39. The van der Waals surface area contributed by atoms with Crippen molar-refractivity contribution < 1.29 is 9.59 Å². The lowest BCUT2D eigenvalue weighted by molar-refractivity contribution is 0.0949. The molecular formula is C9H16N6O2. The zero-order valence-electron chi connectivity index (χ0n) is 9.78. The molecule has 1 rings (SSSR count). The van der Waals surface area contributed by atoms with E-state index in [0.29, 0.717) is 18.8 Å². The van der Waals surface area contributed by atoms with Crippen molar-refractivity contribution >= 4 is 17.6 Å². The molecule has 3 amide bonds. The summed E-state index contributed by atoms with van der Waals surface area (Å²) in [5.74, 6) is -0.348. The molecule has 8 heteroatoms. The maximum atomic E-state index is 11.5. The molecule has 0 fully saturated rings. The maximum Gasteiger partial charge on any atom is 0.316 e. The second kappa shape index (κ2) is 5.73. The first-order valence-corrected chi connectivity index (χ1v) is 5.04. The van der Waals surface area contributed by atoms with Crippen LogP contribution in [0.2, 0.25) is 0 Å². The van der Waals surface area contributed by atoms with Gasteiger partial charge in [0.25, 0.3) is 5.91 Å². The molecule has 0 radical (unpaired) electrons. The van der Waals surface area contributed by atoms with Crippen LogP contribution in [0.5, 0.6) is 0 Å². The van der Waals surface area contributed by atoms with Crippen LogP contribution < -0.4 is 16.4 Å². The fraction of sp³-hybridized carbons (Fsp3) is 0.444. The molecule has 0 saturated carbocycles. The minimum absolute atomic E-state index is 0.208. The summed E-state index contributed by atoms with van der Waals surface area (Å²) in [7, 11) is 3.28. The molecule has 17 heavy (non-hydrogen) atoms. The summed E-state index contributed by atoms with van der Waals surface area (Å²) in [6, 6.07) is -0.208. The van der Waals surface area contributed by atoms with Gasteiger partial charge in [-0.25, -0.2) is 4.79 Å². The molecule has 0 aliphatic rings. The van der Waals surface area contributed by atoms with Crippen molar-refractivity contribution in [3.05, 3.63) is 11.9 Å². The highest BCUT2D eigenvalue weighted by atomic mass is 16.2. The van der Waals surface area contributed by atoms with E-state index in [9.17, 15) is 9.59 Å². The summed E-state index contributed by atoms with van der Waals surface area (Å²) in [5.41, 5.74) is 6.02. The van der Waals surface area contributed by atoms with Crippen LogP contribution in [-0.4, -0.2) is 54.2 Å². The molecule has 5 N–H and O–H groups in total. The van der Waals surface area contributed by atoms with Crippen LogP contribution in [0.25, 0.3) is 0 Å². The molecule has 0 aromatic carbocycles. The van der Waals surface area contributed by atoms with E-state index < -0.39 is 0 Å². The molecule has 0 atom stereocenters. The SMILES string of the molecule is CN(C)C(=O)NCCNC(=O)c1[nH]ncc1N. The number of aromatic amines is 1. The number of hydrogen-bond acceptors (Lipinski definition) is 4. The zero-order valence-corrected chi connectivity index (χ0v) is 9.78. The molecule has 1 aromatic heterocycles. The number of amides is 3. The molecule has 0 spiro atoms. The van der Waals surface area contributed by atoms with E-state index in [-0.39, 0.29) is 17.6 Å². The van der Waals surface area contributed by atoms with Crippen LogP contribution >= 0.6 is 0 Å². The summed E-state index contributed by atoms with van der Waals surface area (Å²) in [4.78, 5) is 24.1. The fourth-order valence-electron chi connectivity index (χ4n) is 1.07. The van der Waals surface area contributed by atoms with Gasteiger partial charge in [-0.1, -0.05) is 0 Å². The van der Waals surface area contributed by atoms with Gasteiger partial charge in [0.15, 0.2) is 0 Å². The van der Waals surface area contributed by atoms with Crippen LogP contribution in [0.3, 0.4) is 0 Å². The van der Waals surface area contributed by atoms with Gasteiger partial charge < -0.3 is 21.3 Å². The fourth-order valence-corrected chi connectivity index (χ4v) is 1.07. The van der Waals surface area contributed by atoms with Gasteiger partial charge in [-0.15, -0.1) is 0 Å². The third-order valence-electron chi connectivity index (χ3n) is 1.99. The number of nitrogen functional groups attached to an aromatic ring is 1. The Morgan fingerprint density at radius 1 is 1.41 bits per heavy atom. The van der Waals surface area contributed by atoms with Crippen molar-refractivity contribution in [1.29, 1.82) is 0 Å². The number of nitrogens with zero attached hydrogens (tertiary/aromatic N) is 2. The minimum atomic E-state index is -0.348. The molecular weight excluding hydrogens is 224 g/mol. The Balaban J connectivity index is 2.26. The summed E-state index contributed by atoms with van der Waals surface area (Å²) in [5, 5.41) is 11.3. The molecule has 94 valence electrons. The van der Waals surface area contributed by atoms with Crippen molar-refractivity contribution in [2.45, 2.75) is 0 Å². The smallest absolute Gasteiger partial charge is 0.316 e. The molecule has 0 aliphatic carbocycles. The van der Waals surface area contributed by atoms with Crippen molar-refractivity contribution in [2.24, 2.45) is 0 Å². The Labute approximate surface area is 98.5 Å². The number of carbonyl (C=O) groups excluding carboxylic acids is 2. The minimum Gasteiger partial charge on any atom is -0.396 e. The molecule has 1 aromatic rings. The quantitative estimate of drug-likeness (QED) is 0.505. The van der Waals surface area contributed by atoms with Gasteiger partial charge >= 0.3 is 6.03 Å². The van der Waals surface area contributed by atoms with E-state index in [1.807, 2.05) is 0 Å². The van der Waals surface area contributed by atoms with E-state index in [4.69, 9.17) is 5.73 Å². The predicted molar refractivity (Wildman–Crippen MR) is 62.4 cm³/mol. The molecule has 1 heterocycles. The second-order valence-corrected chi connectivity index (χ2v) is 3.58. The van der Waals surface area contributed by atoms with Gasteiger partial charge in [-0.3, -0.25) is 9.89 Å². The van der Waals surface area contributed by atoms with Crippen molar-refractivity contribution in [1.82, 2.24) is 25.7 Å². The number of aromatic nitrogens is 2. The molecule has 0 aliphatic heterocycles. The Morgan fingerprint density at radius 2 is 2.06 bits per heavy atom. The van der Waals surface area contributed by atoms with Gasteiger partial charge in [-0.05, 0) is 0 Å². The third-order valence-corrected chi connectivity index (χ3v) is 1.99. The average molecular weight is 240 g/mol. The Bertz CT molecular complexity index is 400. The Kier molecular flexibility index (Phi) is 4.32. The van der Waals surface area contributed by atoms with Gasteiger partial charge in [0.1, 0.15) is 5.69 Å².